The topological polar surface area (TPSA) is 109 Å². The van der Waals surface area contributed by atoms with Crippen LogP contribution in [0.3, 0.4) is 0 Å². The van der Waals surface area contributed by atoms with E-state index in [2.05, 4.69) is 25.4 Å². The smallest absolute Gasteiger partial charge is 0.256 e. The SMILES string of the molecule is CC(O)(CO)CNc1nc(Cl)nc(-n2cccn2)n1. The molecule has 0 aromatic carbocycles. The van der Waals surface area contributed by atoms with Crippen LogP contribution in [0.4, 0.5) is 5.95 Å². The van der Waals surface area contributed by atoms with Gasteiger partial charge in [-0.2, -0.15) is 20.1 Å². The maximum absolute atomic E-state index is 9.67. The van der Waals surface area contributed by atoms with Crippen molar-refractivity contribution in [1.82, 2.24) is 24.7 Å². The van der Waals surface area contributed by atoms with Crippen LogP contribution in [0.25, 0.3) is 5.95 Å². The van der Waals surface area contributed by atoms with E-state index in [4.69, 9.17) is 16.7 Å². The third-order valence-corrected chi connectivity index (χ3v) is 2.44. The molecular formula is C10H13ClN6O2. The zero-order chi connectivity index (χ0) is 13.9. The Balaban J connectivity index is 2.18. The van der Waals surface area contributed by atoms with E-state index < -0.39 is 5.60 Å². The number of aliphatic hydroxyl groups excluding tert-OH is 1. The number of anilines is 1. The highest BCUT2D eigenvalue weighted by Gasteiger charge is 2.19. The van der Waals surface area contributed by atoms with Crippen LogP contribution in [-0.4, -0.2) is 53.7 Å². The molecule has 1 unspecified atom stereocenters. The molecule has 9 heteroatoms. The summed E-state index contributed by atoms with van der Waals surface area (Å²) in [5.41, 5.74) is -1.27. The number of hydrogen-bond donors (Lipinski definition) is 3. The predicted octanol–water partition coefficient (Wildman–Crippen LogP) is -0.134. The predicted molar refractivity (Wildman–Crippen MR) is 68.2 cm³/mol. The molecule has 3 N–H and O–H groups in total. The average molecular weight is 285 g/mol. The normalized spacial score (nSPS) is 14.1. The van der Waals surface area contributed by atoms with Gasteiger partial charge in [-0.3, -0.25) is 0 Å². The van der Waals surface area contributed by atoms with Crippen LogP contribution >= 0.6 is 11.6 Å². The fourth-order valence-corrected chi connectivity index (χ4v) is 1.39. The fourth-order valence-electron chi connectivity index (χ4n) is 1.23. The lowest BCUT2D eigenvalue weighted by atomic mass is 10.1. The molecule has 102 valence electrons. The Morgan fingerprint density at radius 2 is 2.21 bits per heavy atom. The fraction of sp³-hybridized carbons (Fsp3) is 0.400. The van der Waals surface area contributed by atoms with E-state index in [0.29, 0.717) is 0 Å². The van der Waals surface area contributed by atoms with Crippen LogP contribution in [0, 0.1) is 0 Å². The summed E-state index contributed by atoms with van der Waals surface area (Å²) in [4.78, 5) is 11.9. The first-order valence-electron chi connectivity index (χ1n) is 5.49. The molecule has 2 aromatic heterocycles. The molecule has 0 aliphatic carbocycles. The quantitative estimate of drug-likeness (QED) is 0.701. The Morgan fingerprint density at radius 1 is 1.42 bits per heavy atom. The summed E-state index contributed by atoms with van der Waals surface area (Å²) in [5.74, 6) is 0.454. The lowest BCUT2D eigenvalue weighted by molar-refractivity contribution is 0.0131. The van der Waals surface area contributed by atoms with E-state index in [9.17, 15) is 5.11 Å². The maximum Gasteiger partial charge on any atom is 0.256 e. The van der Waals surface area contributed by atoms with Gasteiger partial charge in [0.2, 0.25) is 11.2 Å². The molecule has 0 aliphatic heterocycles. The van der Waals surface area contributed by atoms with Crippen LogP contribution in [-0.2, 0) is 0 Å². The molecule has 0 saturated heterocycles. The zero-order valence-corrected chi connectivity index (χ0v) is 10.9. The van der Waals surface area contributed by atoms with E-state index in [0.717, 1.165) is 0 Å². The van der Waals surface area contributed by atoms with Crippen molar-refractivity contribution < 1.29 is 10.2 Å². The Hall–Kier alpha value is -1.77. The minimum absolute atomic E-state index is 0.00615. The van der Waals surface area contributed by atoms with Gasteiger partial charge in [0.05, 0.1) is 6.61 Å². The number of halogens is 1. The van der Waals surface area contributed by atoms with E-state index in [-0.39, 0.29) is 30.3 Å². The first-order valence-corrected chi connectivity index (χ1v) is 5.87. The molecule has 2 heterocycles. The van der Waals surface area contributed by atoms with Crippen LogP contribution in [0.5, 0.6) is 0 Å². The third kappa shape index (κ3) is 3.60. The van der Waals surface area contributed by atoms with Gasteiger partial charge in [0.25, 0.3) is 5.95 Å². The highest BCUT2D eigenvalue weighted by molar-refractivity contribution is 6.28. The Kier molecular flexibility index (Phi) is 3.93. The molecule has 2 rings (SSSR count). The lowest BCUT2D eigenvalue weighted by Crippen LogP contribution is -2.37. The molecule has 0 amide bonds. The molecule has 0 spiro atoms. The summed E-state index contributed by atoms with van der Waals surface area (Å²) in [7, 11) is 0. The Bertz CT molecular complexity index is 545. The monoisotopic (exact) mass is 284 g/mol. The van der Waals surface area contributed by atoms with Crippen LogP contribution < -0.4 is 5.32 Å². The third-order valence-electron chi connectivity index (χ3n) is 2.27. The molecule has 0 saturated carbocycles. The summed E-state index contributed by atoms with van der Waals surface area (Å²) in [6, 6.07) is 1.72. The number of nitrogens with one attached hydrogen (secondary N) is 1. The molecule has 8 nitrogen and oxygen atoms in total. The van der Waals surface area contributed by atoms with Gasteiger partial charge < -0.3 is 15.5 Å². The number of aliphatic hydroxyl groups is 2. The van der Waals surface area contributed by atoms with Gasteiger partial charge >= 0.3 is 0 Å². The second kappa shape index (κ2) is 5.47. The van der Waals surface area contributed by atoms with Crippen molar-refractivity contribution in [1.29, 1.82) is 0 Å². The molecule has 0 aliphatic rings. The molecule has 0 bridgehead atoms. The van der Waals surface area contributed by atoms with E-state index in [1.165, 1.54) is 11.6 Å². The molecular weight excluding hydrogens is 272 g/mol. The zero-order valence-electron chi connectivity index (χ0n) is 10.2. The largest absolute Gasteiger partial charge is 0.393 e. The number of aromatic nitrogens is 5. The number of nitrogens with zero attached hydrogens (tertiary/aromatic N) is 5. The Morgan fingerprint density at radius 3 is 2.84 bits per heavy atom. The second-order valence-corrected chi connectivity index (χ2v) is 4.53. The van der Waals surface area contributed by atoms with Crippen molar-refractivity contribution in [3.63, 3.8) is 0 Å². The van der Waals surface area contributed by atoms with Gasteiger partial charge in [-0.25, -0.2) is 4.68 Å². The van der Waals surface area contributed by atoms with Crippen molar-refractivity contribution in [2.24, 2.45) is 0 Å². The first kappa shape index (κ1) is 13.7. The first-order chi connectivity index (χ1) is 9.00. The Labute approximate surface area is 114 Å². The van der Waals surface area contributed by atoms with Crippen molar-refractivity contribution >= 4 is 17.5 Å². The van der Waals surface area contributed by atoms with Gasteiger partial charge in [0.1, 0.15) is 5.60 Å². The average Bonchev–Trinajstić information content (AvgIpc) is 2.90. The van der Waals surface area contributed by atoms with Crippen LogP contribution in [0.1, 0.15) is 6.92 Å². The standard InChI is InChI=1S/C10H13ClN6O2/c1-10(19,6-18)5-12-8-14-7(11)15-9(16-8)17-4-2-3-13-17/h2-4,18-19H,5-6H2,1H3,(H,12,14,15,16). The van der Waals surface area contributed by atoms with Crippen LogP contribution in [0.2, 0.25) is 5.28 Å². The summed E-state index contributed by atoms with van der Waals surface area (Å²) < 4.78 is 1.43. The minimum Gasteiger partial charge on any atom is -0.393 e. The number of hydrogen-bond acceptors (Lipinski definition) is 7. The minimum atomic E-state index is -1.27. The summed E-state index contributed by atoms with van der Waals surface area (Å²) in [6.07, 6.45) is 3.25. The second-order valence-electron chi connectivity index (χ2n) is 4.19. The van der Waals surface area contributed by atoms with Gasteiger partial charge in [-0.05, 0) is 24.6 Å². The van der Waals surface area contributed by atoms with Crippen molar-refractivity contribution in [2.75, 3.05) is 18.5 Å². The van der Waals surface area contributed by atoms with Crippen LogP contribution in [0.15, 0.2) is 18.5 Å². The molecule has 19 heavy (non-hydrogen) atoms. The van der Waals surface area contributed by atoms with Gasteiger partial charge in [-0.15, -0.1) is 0 Å². The highest BCUT2D eigenvalue weighted by Crippen LogP contribution is 2.10. The number of rotatable bonds is 5. The van der Waals surface area contributed by atoms with Gasteiger partial charge in [0, 0.05) is 18.9 Å². The van der Waals surface area contributed by atoms with E-state index >= 15 is 0 Å². The highest BCUT2D eigenvalue weighted by atomic mass is 35.5. The summed E-state index contributed by atoms with van der Waals surface area (Å²) in [5, 5.41) is 25.4. The van der Waals surface area contributed by atoms with Gasteiger partial charge in [0.15, 0.2) is 0 Å². The molecule has 0 radical (unpaired) electrons. The van der Waals surface area contributed by atoms with Crippen molar-refractivity contribution in [2.45, 2.75) is 12.5 Å². The summed E-state index contributed by atoms with van der Waals surface area (Å²) >= 11 is 5.80. The van der Waals surface area contributed by atoms with Crippen molar-refractivity contribution in [3.8, 4) is 5.95 Å². The van der Waals surface area contributed by atoms with E-state index in [1.807, 2.05) is 0 Å². The van der Waals surface area contributed by atoms with Gasteiger partial charge in [-0.1, -0.05) is 0 Å². The molecule has 2 aromatic rings. The summed E-state index contributed by atoms with van der Waals surface area (Å²) in [6.45, 7) is 1.17. The maximum atomic E-state index is 9.67. The van der Waals surface area contributed by atoms with E-state index in [1.54, 1.807) is 18.5 Å². The molecule has 1 atom stereocenters. The molecule has 0 fully saturated rings. The lowest BCUT2D eigenvalue weighted by Gasteiger charge is -2.20. The van der Waals surface area contributed by atoms with Crippen molar-refractivity contribution in [3.05, 3.63) is 23.7 Å².